The zero-order chi connectivity index (χ0) is 14.4. The summed E-state index contributed by atoms with van der Waals surface area (Å²) in [6.07, 6.45) is 0.517. The number of hydrogen-bond donors (Lipinski definition) is 3. The van der Waals surface area contributed by atoms with E-state index in [2.05, 4.69) is 26.6 Å². The van der Waals surface area contributed by atoms with Gasteiger partial charge in [0.2, 0.25) is 5.91 Å². The van der Waals surface area contributed by atoms with Crippen molar-refractivity contribution in [2.75, 3.05) is 5.32 Å². The number of nitrogens with two attached hydrogens (primary N) is 1. The van der Waals surface area contributed by atoms with Crippen LogP contribution in [0.25, 0.3) is 0 Å². The maximum absolute atomic E-state index is 11.8. The van der Waals surface area contributed by atoms with Gasteiger partial charge in [-0.2, -0.15) is 0 Å². The summed E-state index contributed by atoms with van der Waals surface area (Å²) >= 11 is 3.31. The molecule has 1 rings (SSSR count). The Morgan fingerprint density at radius 1 is 1.26 bits per heavy atom. The molecule has 0 unspecified atom stereocenters. The molecule has 0 spiro atoms. The van der Waals surface area contributed by atoms with Gasteiger partial charge in [0.05, 0.1) is 0 Å². The first kappa shape index (κ1) is 15.5. The molecule has 4 N–H and O–H groups in total. The van der Waals surface area contributed by atoms with E-state index in [1.54, 1.807) is 12.1 Å². The van der Waals surface area contributed by atoms with E-state index in [0.29, 0.717) is 12.1 Å². The molecule has 1 aromatic rings. The lowest BCUT2D eigenvalue weighted by Gasteiger charge is -2.17. The number of primary amides is 1. The van der Waals surface area contributed by atoms with Crippen LogP contribution in [0, 0.1) is 5.92 Å². The van der Waals surface area contributed by atoms with Crippen molar-refractivity contribution in [3.63, 3.8) is 0 Å². The van der Waals surface area contributed by atoms with Crippen molar-refractivity contribution in [3.05, 3.63) is 28.7 Å². The first-order valence-electron chi connectivity index (χ1n) is 6.01. The van der Waals surface area contributed by atoms with Gasteiger partial charge in [-0.05, 0) is 36.6 Å². The van der Waals surface area contributed by atoms with Crippen LogP contribution in [0.3, 0.4) is 0 Å². The number of benzene rings is 1. The van der Waals surface area contributed by atoms with Crippen LogP contribution in [0.5, 0.6) is 0 Å². The molecule has 3 amide bonds. The number of nitrogens with one attached hydrogen (secondary N) is 2. The lowest BCUT2D eigenvalue weighted by molar-refractivity contribution is -0.120. The molecule has 0 aliphatic rings. The Morgan fingerprint density at radius 3 is 2.32 bits per heavy atom. The molecule has 5 nitrogen and oxygen atoms in total. The minimum absolute atomic E-state index is 0.269. The van der Waals surface area contributed by atoms with Gasteiger partial charge in [0.15, 0.2) is 0 Å². The molecule has 0 aromatic heterocycles. The number of carbonyl (C=O) groups excluding carboxylic acids is 2. The fraction of sp³-hybridized carbons (Fsp3) is 0.385. The molecular formula is C13H18BrN3O2. The highest BCUT2D eigenvalue weighted by Gasteiger charge is 2.19. The second-order valence-corrected chi connectivity index (χ2v) is 5.61. The van der Waals surface area contributed by atoms with E-state index in [1.807, 2.05) is 26.0 Å². The summed E-state index contributed by atoms with van der Waals surface area (Å²) < 4.78 is 0.924. The van der Waals surface area contributed by atoms with Crippen LogP contribution in [0.1, 0.15) is 20.3 Å². The average molecular weight is 328 g/mol. The lowest BCUT2D eigenvalue weighted by atomic mass is 10.0. The predicted octanol–water partition coefficient (Wildman–Crippen LogP) is 2.47. The van der Waals surface area contributed by atoms with E-state index < -0.39 is 18.0 Å². The SMILES string of the molecule is CC(C)C[C@@H](NC(=O)Nc1ccc(Br)cc1)C(N)=O. The second kappa shape index (κ2) is 7.13. The van der Waals surface area contributed by atoms with Crippen molar-refractivity contribution in [2.24, 2.45) is 11.7 Å². The van der Waals surface area contributed by atoms with Crippen LogP contribution in [0.2, 0.25) is 0 Å². The summed E-state index contributed by atoms with van der Waals surface area (Å²) in [4.78, 5) is 23.0. The zero-order valence-electron chi connectivity index (χ0n) is 10.9. The first-order valence-corrected chi connectivity index (χ1v) is 6.80. The molecular weight excluding hydrogens is 310 g/mol. The highest BCUT2D eigenvalue weighted by atomic mass is 79.9. The molecule has 19 heavy (non-hydrogen) atoms. The summed E-state index contributed by atoms with van der Waals surface area (Å²) in [5.41, 5.74) is 5.91. The molecule has 104 valence electrons. The molecule has 0 fully saturated rings. The minimum atomic E-state index is -0.657. The number of urea groups is 1. The van der Waals surface area contributed by atoms with Crippen molar-refractivity contribution in [1.82, 2.24) is 5.32 Å². The van der Waals surface area contributed by atoms with Crippen LogP contribution in [-0.4, -0.2) is 18.0 Å². The topological polar surface area (TPSA) is 84.2 Å². The normalized spacial score (nSPS) is 12.0. The number of amides is 3. The lowest BCUT2D eigenvalue weighted by Crippen LogP contribution is -2.46. The first-order chi connectivity index (χ1) is 8.88. The van der Waals surface area contributed by atoms with E-state index in [9.17, 15) is 9.59 Å². The molecule has 0 heterocycles. The van der Waals surface area contributed by atoms with Crippen LogP contribution in [0.15, 0.2) is 28.7 Å². The Hall–Kier alpha value is -1.56. The molecule has 0 radical (unpaired) electrons. The Labute approximate surface area is 121 Å². The fourth-order valence-electron chi connectivity index (χ4n) is 1.58. The quantitative estimate of drug-likeness (QED) is 0.776. The maximum Gasteiger partial charge on any atom is 0.319 e. The Balaban J connectivity index is 2.57. The molecule has 0 aliphatic heterocycles. The standard InChI is InChI=1S/C13H18BrN3O2/c1-8(2)7-11(12(15)18)17-13(19)16-10-5-3-9(14)4-6-10/h3-6,8,11H,7H2,1-2H3,(H2,15,18)(H2,16,17,19)/t11-/m1/s1. The zero-order valence-corrected chi connectivity index (χ0v) is 12.5. The highest BCUT2D eigenvalue weighted by molar-refractivity contribution is 9.10. The number of hydrogen-bond acceptors (Lipinski definition) is 2. The molecule has 0 saturated carbocycles. The molecule has 6 heteroatoms. The number of anilines is 1. The van der Waals surface area contributed by atoms with Gasteiger partial charge in [-0.1, -0.05) is 29.8 Å². The monoisotopic (exact) mass is 327 g/mol. The van der Waals surface area contributed by atoms with Crippen molar-refractivity contribution in [3.8, 4) is 0 Å². The van der Waals surface area contributed by atoms with Crippen molar-refractivity contribution < 1.29 is 9.59 Å². The van der Waals surface area contributed by atoms with Gasteiger partial charge < -0.3 is 16.4 Å². The molecule has 0 saturated heterocycles. The van der Waals surface area contributed by atoms with Crippen LogP contribution in [0.4, 0.5) is 10.5 Å². The van der Waals surface area contributed by atoms with Crippen LogP contribution < -0.4 is 16.4 Å². The average Bonchev–Trinajstić information content (AvgIpc) is 2.30. The molecule has 1 atom stereocenters. The second-order valence-electron chi connectivity index (χ2n) is 4.69. The van der Waals surface area contributed by atoms with Crippen LogP contribution in [-0.2, 0) is 4.79 Å². The summed E-state index contributed by atoms with van der Waals surface area (Å²) in [5, 5.41) is 5.22. The van der Waals surface area contributed by atoms with Gasteiger partial charge >= 0.3 is 6.03 Å². The molecule has 0 bridgehead atoms. The highest BCUT2D eigenvalue weighted by Crippen LogP contribution is 2.14. The third-order valence-corrected chi connectivity index (χ3v) is 2.99. The number of halogens is 1. The van der Waals surface area contributed by atoms with Crippen LogP contribution >= 0.6 is 15.9 Å². The summed E-state index contributed by atoms with van der Waals surface area (Å²) in [7, 11) is 0. The Kier molecular flexibility index (Phi) is 5.82. The van der Waals surface area contributed by atoms with E-state index in [1.165, 1.54) is 0 Å². The van der Waals surface area contributed by atoms with Gasteiger partial charge in [-0.15, -0.1) is 0 Å². The fourth-order valence-corrected chi connectivity index (χ4v) is 1.84. The van der Waals surface area contributed by atoms with Gasteiger partial charge in [-0.25, -0.2) is 4.79 Å². The largest absolute Gasteiger partial charge is 0.368 e. The minimum Gasteiger partial charge on any atom is -0.368 e. The van der Waals surface area contributed by atoms with Gasteiger partial charge in [0.1, 0.15) is 6.04 Å². The smallest absolute Gasteiger partial charge is 0.319 e. The van der Waals surface area contributed by atoms with E-state index in [-0.39, 0.29) is 5.92 Å². The van der Waals surface area contributed by atoms with Gasteiger partial charge in [0.25, 0.3) is 0 Å². The summed E-state index contributed by atoms with van der Waals surface area (Å²) in [6.45, 7) is 3.93. The predicted molar refractivity (Wildman–Crippen MR) is 78.7 cm³/mol. The van der Waals surface area contributed by atoms with Gasteiger partial charge in [0, 0.05) is 10.2 Å². The Morgan fingerprint density at radius 2 is 1.84 bits per heavy atom. The summed E-state index contributed by atoms with van der Waals surface area (Å²) in [5.74, 6) is -0.259. The van der Waals surface area contributed by atoms with Crippen molar-refractivity contribution >= 4 is 33.6 Å². The molecule has 0 aliphatic carbocycles. The number of carbonyl (C=O) groups is 2. The maximum atomic E-state index is 11.8. The van der Waals surface area contributed by atoms with E-state index in [4.69, 9.17) is 5.73 Å². The van der Waals surface area contributed by atoms with E-state index >= 15 is 0 Å². The third-order valence-electron chi connectivity index (χ3n) is 2.46. The Bertz CT molecular complexity index is 446. The van der Waals surface area contributed by atoms with Gasteiger partial charge in [-0.3, -0.25) is 4.79 Å². The molecule has 1 aromatic carbocycles. The third kappa shape index (κ3) is 5.74. The number of rotatable bonds is 5. The van der Waals surface area contributed by atoms with Crippen molar-refractivity contribution in [1.29, 1.82) is 0 Å². The summed E-state index contributed by atoms with van der Waals surface area (Å²) in [6, 6.07) is 6.05. The van der Waals surface area contributed by atoms with E-state index in [0.717, 1.165) is 4.47 Å². The van der Waals surface area contributed by atoms with Crippen molar-refractivity contribution in [2.45, 2.75) is 26.3 Å².